The first-order valence-corrected chi connectivity index (χ1v) is 11.8. The molecular weight excluding hydrogens is 388 g/mol. The molecule has 2 saturated carbocycles. The number of rotatable bonds is 3. The highest BCUT2D eigenvalue weighted by atomic mass is 16.5. The minimum atomic E-state index is -0.996. The summed E-state index contributed by atoms with van der Waals surface area (Å²) in [6.07, 6.45) is 10.2. The van der Waals surface area contributed by atoms with E-state index >= 15 is 0 Å². The van der Waals surface area contributed by atoms with Crippen LogP contribution in [0, 0.1) is 34.5 Å². The lowest BCUT2D eigenvalue weighted by molar-refractivity contribution is -0.0499. The molecule has 0 aromatic heterocycles. The van der Waals surface area contributed by atoms with Crippen LogP contribution in [-0.4, -0.2) is 45.8 Å². The molecule has 0 bridgehead atoms. The van der Waals surface area contributed by atoms with Crippen LogP contribution in [0.4, 0.5) is 0 Å². The molecule has 170 valence electrons. The summed E-state index contributed by atoms with van der Waals surface area (Å²) in [5.74, 6) is 6.53. The number of fused-ring (bicyclic) bond motifs is 5. The van der Waals surface area contributed by atoms with Gasteiger partial charge in [0.15, 0.2) is 0 Å². The van der Waals surface area contributed by atoms with E-state index in [9.17, 15) is 15.3 Å². The summed E-state index contributed by atoms with van der Waals surface area (Å²) in [7, 11) is 0. The SMILES string of the molecule is CC(OCC#CC(C)(C)O)C1=CC[C@H]2C3=CC=C4C[C@@H](O)C[C@H](O)[C@]4(C)[C@H]3CC[C@]12C. The van der Waals surface area contributed by atoms with Gasteiger partial charge < -0.3 is 20.1 Å². The van der Waals surface area contributed by atoms with Crippen LogP contribution in [0.25, 0.3) is 0 Å². The van der Waals surface area contributed by atoms with Crippen molar-refractivity contribution in [2.24, 2.45) is 22.7 Å². The van der Waals surface area contributed by atoms with Gasteiger partial charge in [0, 0.05) is 11.8 Å². The van der Waals surface area contributed by atoms with Crippen LogP contribution in [0.1, 0.15) is 66.7 Å². The van der Waals surface area contributed by atoms with Gasteiger partial charge in [-0.25, -0.2) is 0 Å². The molecule has 4 heteroatoms. The maximum Gasteiger partial charge on any atom is 0.120 e. The summed E-state index contributed by atoms with van der Waals surface area (Å²) < 4.78 is 6.05. The first-order valence-electron chi connectivity index (χ1n) is 11.8. The number of aliphatic hydroxyl groups excluding tert-OH is 2. The highest BCUT2D eigenvalue weighted by Gasteiger charge is 2.57. The minimum Gasteiger partial charge on any atom is -0.393 e. The van der Waals surface area contributed by atoms with Crippen LogP contribution in [0.5, 0.6) is 0 Å². The standard InChI is InChI=1S/C27H38O4/c1-17(31-14-6-12-25(2,3)30)21-9-10-22-20-8-7-18-15-19(28)16-24(29)27(18,5)23(20)11-13-26(21,22)4/h7-9,17,19,22-24,28-30H,10-11,13-16H2,1-5H3/t17?,19-,22+,23+,24+,26-,27+/m1/s1. The van der Waals surface area contributed by atoms with Crippen LogP contribution >= 0.6 is 0 Å². The predicted octanol–water partition coefficient (Wildman–Crippen LogP) is 3.92. The highest BCUT2D eigenvalue weighted by molar-refractivity contribution is 5.43. The second-order valence-electron chi connectivity index (χ2n) is 11.0. The Morgan fingerprint density at radius 3 is 2.68 bits per heavy atom. The molecule has 7 atom stereocenters. The first-order chi connectivity index (χ1) is 14.5. The fourth-order valence-electron chi connectivity index (χ4n) is 6.81. The van der Waals surface area contributed by atoms with Gasteiger partial charge in [-0.3, -0.25) is 0 Å². The average Bonchev–Trinajstić information content (AvgIpc) is 3.03. The Hall–Kier alpha value is -1.38. The maximum absolute atomic E-state index is 11.0. The molecule has 0 amide bonds. The molecule has 31 heavy (non-hydrogen) atoms. The van der Waals surface area contributed by atoms with Crippen molar-refractivity contribution in [2.45, 2.75) is 90.6 Å². The van der Waals surface area contributed by atoms with Gasteiger partial charge in [-0.1, -0.05) is 55.1 Å². The molecular formula is C27H38O4. The molecule has 2 fully saturated rings. The summed E-state index contributed by atoms with van der Waals surface area (Å²) in [5, 5.41) is 30.9. The zero-order valence-corrected chi connectivity index (χ0v) is 19.6. The Labute approximate surface area is 187 Å². The quantitative estimate of drug-likeness (QED) is 0.473. The average molecular weight is 427 g/mol. The first kappa shape index (κ1) is 22.8. The second-order valence-corrected chi connectivity index (χ2v) is 11.0. The lowest BCUT2D eigenvalue weighted by atomic mass is 9.49. The Morgan fingerprint density at radius 2 is 1.97 bits per heavy atom. The van der Waals surface area contributed by atoms with Gasteiger partial charge in [0.25, 0.3) is 0 Å². The summed E-state index contributed by atoms with van der Waals surface area (Å²) in [6, 6.07) is 0. The lowest BCUT2D eigenvalue weighted by Gasteiger charge is -2.56. The third kappa shape index (κ3) is 3.85. The van der Waals surface area contributed by atoms with Crippen LogP contribution < -0.4 is 0 Å². The van der Waals surface area contributed by atoms with E-state index in [1.165, 1.54) is 16.7 Å². The Morgan fingerprint density at radius 1 is 1.23 bits per heavy atom. The topological polar surface area (TPSA) is 69.9 Å². The van der Waals surface area contributed by atoms with E-state index in [1.54, 1.807) is 13.8 Å². The van der Waals surface area contributed by atoms with Crippen molar-refractivity contribution in [1.29, 1.82) is 0 Å². The molecule has 3 N–H and O–H groups in total. The Balaban J connectivity index is 1.53. The van der Waals surface area contributed by atoms with Crippen LogP contribution in [0.3, 0.4) is 0 Å². The van der Waals surface area contributed by atoms with E-state index in [-0.39, 0.29) is 16.9 Å². The normalized spacial score (nSPS) is 40.3. The van der Waals surface area contributed by atoms with Gasteiger partial charge in [-0.2, -0.15) is 0 Å². The molecule has 4 aliphatic rings. The zero-order chi connectivity index (χ0) is 22.6. The van der Waals surface area contributed by atoms with Crippen LogP contribution in [0.15, 0.2) is 34.9 Å². The fraction of sp³-hybridized carbons (Fsp3) is 0.704. The molecule has 0 aromatic rings. The van der Waals surface area contributed by atoms with E-state index < -0.39 is 17.8 Å². The minimum absolute atomic E-state index is 0.0102. The van der Waals surface area contributed by atoms with E-state index in [2.05, 4.69) is 50.8 Å². The maximum atomic E-state index is 11.0. The summed E-state index contributed by atoms with van der Waals surface area (Å²) >= 11 is 0. The zero-order valence-electron chi connectivity index (χ0n) is 19.6. The Kier molecular flexibility index (Phi) is 5.80. The van der Waals surface area contributed by atoms with Crippen molar-refractivity contribution in [3.63, 3.8) is 0 Å². The summed E-state index contributed by atoms with van der Waals surface area (Å²) in [4.78, 5) is 0. The molecule has 0 radical (unpaired) electrons. The number of ether oxygens (including phenoxy) is 1. The van der Waals surface area contributed by atoms with Crippen molar-refractivity contribution >= 4 is 0 Å². The predicted molar refractivity (Wildman–Crippen MR) is 122 cm³/mol. The highest BCUT2D eigenvalue weighted by Crippen LogP contribution is 2.64. The third-order valence-corrected chi connectivity index (χ3v) is 8.53. The van der Waals surface area contributed by atoms with E-state index in [1.807, 2.05) is 0 Å². The Bertz CT molecular complexity index is 879. The van der Waals surface area contributed by atoms with Gasteiger partial charge in [0.05, 0.1) is 18.3 Å². The number of aliphatic hydroxyl groups is 3. The van der Waals surface area contributed by atoms with Crippen molar-refractivity contribution in [3.05, 3.63) is 34.9 Å². The van der Waals surface area contributed by atoms with Crippen LogP contribution in [0.2, 0.25) is 0 Å². The molecule has 0 aromatic carbocycles. The third-order valence-electron chi connectivity index (χ3n) is 8.53. The largest absolute Gasteiger partial charge is 0.393 e. The fourth-order valence-corrected chi connectivity index (χ4v) is 6.81. The van der Waals surface area contributed by atoms with Gasteiger partial charge >= 0.3 is 0 Å². The molecule has 0 saturated heterocycles. The molecule has 1 unspecified atom stereocenters. The molecule has 4 nitrogen and oxygen atoms in total. The van der Waals surface area contributed by atoms with Gasteiger partial charge in [0.2, 0.25) is 0 Å². The van der Waals surface area contributed by atoms with E-state index in [0.29, 0.717) is 31.3 Å². The van der Waals surface area contributed by atoms with Crippen LogP contribution in [-0.2, 0) is 4.74 Å². The van der Waals surface area contributed by atoms with Gasteiger partial charge in [0.1, 0.15) is 12.2 Å². The number of allylic oxidation sites excluding steroid dienone is 4. The molecule has 0 spiro atoms. The van der Waals surface area contributed by atoms with Crippen molar-refractivity contribution < 1.29 is 20.1 Å². The number of hydrogen-bond acceptors (Lipinski definition) is 4. The lowest BCUT2D eigenvalue weighted by Crippen LogP contribution is -2.52. The molecule has 4 rings (SSSR count). The molecule has 0 aliphatic heterocycles. The van der Waals surface area contributed by atoms with Crippen molar-refractivity contribution in [1.82, 2.24) is 0 Å². The van der Waals surface area contributed by atoms with Gasteiger partial charge in [-0.05, 0) is 69.3 Å². The summed E-state index contributed by atoms with van der Waals surface area (Å²) in [6.45, 7) is 10.4. The molecule has 0 heterocycles. The molecule has 4 aliphatic carbocycles. The number of hydrogen-bond donors (Lipinski definition) is 3. The second kappa shape index (κ2) is 7.89. The smallest absolute Gasteiger partial charge is 0.120 e. The van der Waals surface area contributed by atoms with E-state index in [4.69, 9.17) is 4.74 Å². The van der Waals surface area contributed by atoms with Gasteiger partial charge in [-0.15, -0.1) is 0 Å². The van der Waals surface area contributed by atoms with E-state index in [0.717, 1.165) is 19.3 Å². The monoisotopic (exact) mass is 426 g/mol. The summed E-state index contributed by atoms with van der Waals surface area (Å²) in [5.41, 5.74) is 2.85. The van der Waals surface area contributed by atoms with Crippen molar-refractivity contribution in [3.8, 4) is 11.8 Å². The van der Waals surface area contributed by atoms with Crippen molar-refractivity contribution in [2.75, 3.05) is 6.61 Å².